The highest BCUT2D eigenvalue weighted by Crippen LogP contribution is 2.09. The summed E-state index contributed by atoms with van der Waals surface area (Å²) in [6.45, 7) is 9.61. The Morgan fingerprint density at radius 3 is 2.71 bits per heavy atom. The van der Waals surface area contributed by atoms with Crippen LogP contribution in [-0.2, 0) is 6.54 Å². The van der Waals surface area contributed by atoms with Crippen molar-refractivity contribution in [1.82, 2.24) is 20.4 Å². The summed E-state index contributed by atoms with van der Waals surface area (Å²) in [5.41, 5.74) is 2.38. The predicted octanol–water partition coefficient (Wildman–Crippen LogP) is 2.60. The average Bonchev–Trinajstić information content (AvgIpc) is 2.99. The van der Waals surface area contributed by atoms with Crippen LogP contribution in [0.4, 0.5) is 0 Å². The van der Waals surface area contributed by atoms with E-state index in [1.807, 2.05) is 16.9 Å². The van der Waals surface area contributed by atoms with Gasteiger partial charge < -0.3 is 10.6 Å². The van der Waals surface area contributed by atoms with Crippen LogP contribution in [-0.4, -0.2) is 28.9 Å². The fourth-order valence-electron chi connectivity index (χ4n) is 2.18. The predicted molar refractivity (Wildman–Crippen MR) is 87.6 cm³/mol. The Bertz CT molecular complexity index is 519. The van der Waals surface area contributed by atoms with Crippen molar-refractivity contribution >= 4 is 0 Å². The second kappa shape index (κ2) is 7.96. The Morgan fingerprint density at radius 1 is 1.14 bits per heavy atom. The van der Waals surface area contributed by atoms with Gasteiger partial charge in [-0.3, -0.25) is 0 Å². The molecule has 114 valence electrons. The number of hydrogen-bond donors (Lipinski definition) is 2. The van der Waals surface area contributed by atoms with E-state index in [1.165, 1.54) is 5.56 Å². The zero-order valence-electron chi connectivity index (χ0n) is 13.2. The van der Waals surface area contributed by atoms with Gasteiger partial charge in [-0.2, -0.15) is 5.10 Å². The molecule has 1 aromatic carbocycles. The van der Waals surface area contributed by atoms with Gasteiger partial charge in [-0.1, -0.05) is 26.0 Å². The summed E-state index contributed by atoms with van der Waals surface area (Å²) in [6, 6.07) is 10.9. The Balaban J connectivity index is 1.82. The van der Waals surface area contributed by atoms with Crippen LogP contribution in [0.1, 0.15) is 26.3 Å². The highest BCUT2D eigenvalue weighted by atomic mass is 15.3. The van der Waals surface area contributed by atoms with E-state index in [0.29, 0.717) is 12.0 Å². The first-order valence-electron chi connectivity index (χ1n) is 7.68. The molecule has 1 heterocycles. The summed E-state index contributed by atoms with van der Waals surface area (Å²) in [5, 5.41) is 11.3. The van der Waals surface area contributed by atoms with Crippen molar-refractivity contribution < 1.29 is 0 Å². The molecule has 2 rings (SSSR count). The molecule has 21 heavy (non-hydrogen) atoms. The number of nitrogens with one attached hydrogen (secondary N) is 2. The van der Waals surface area contributed by atoms with Crippen molar-refractivity contribution in [2.75, 3.05) is 13.1 Å². The van der Waals surface area contributed by atoms with Crippen molar-refractivity contribution in [2.24, 2.45) is 5.92 Å². The van der Waals surface area contributed by atoms with Crippen molar-refractivity contribution in [3.05, 3.63) is 48.3 Å². The van der Waals surface area contributed by atoms with Gasteiger partial charge in [-0.15, -0.1) is 0 Å². The molecule has 0 amide bonds. The third-order valence-electron chi connectivity index (χ3n) is 3.34. The Morgan fingerprint density at radius 2 is 2.00 bits per heavy atom. The average molecular weight is 286 g/mol. The minimum absolute atomic E-state index is 0.456. The highest BCUT2D eigenvalue weighted by molar-refractivity contribution is 5.34. The normalized spacial score (nSPS) is 12.8. The minimum atomic E-state index is 0.456. The molecule has 0 bridgehead atoms. The molecule has 2 N–H and O–H groups in total. The van der Waals surface area contributed by atoms with Gasteiger partial charge in [-0.05, 0) is 43.1 Å². The van der Waals surface area contributed by atoms with E-state index in [9.17, 15) is 0 Å². The SMILES string of the molecule is CC(C)CNCC(C)NCc1cccc(-n2cccn2)c1. The van der Waals surface area contributed by atoms with E-state index >= 15 is 0 Å². The maximum atomic E-state index is 4.27. The first-order valence-corrected chi connectivity index (χ1v) is 7.68. The molecule has 0 aliphatic rings. The Labute approximate surface area is 127 Å². The van der Waals surface area contributed by atoms with Crippen LogP contribution >= 0.6 is 0 Å². The lowest BCUT2D eigenvalue weighted by atomic mass is 10.2. The van der Waals surface area contributed by atoms with Crippen LogP contribution in [0.25, 0.3) is 5.69 Å². The zero-order chi connectivity index (χ0) is 15.1. The van der Waals surface area contributed by atoms with E-state index in [-0.39, 0.29) is 0 Å². The van der Waals surface area contributed by atoms with Gasteiger partial charge in [-0.25, -0.2) is 4.68 Å². The van der Waals surface area contributed by atoms with Gasteiger partial charge in [0.25, 0.3) is 0 Å². The topological polar surface area (TPSA) is 41.9 Å². The molecular formula is C17H26N4. The Kier molecular flexibility index (Phi) is 5.96. The fourth-order valence-corrected chi connectivity index (χ4v) is 2.18. The number of aromatic nitrogens is 2. The zero-order valence-corrected chi connectivity index (χ0v) is 13.2. The second-order valence-electron chi connectivity index (χ2n) is 5.95. The standard InChI is InChI=1S/C17H26N4/c1-14(2)11-18-12-15(3)19-13-16-6-4-7-17(10-16)21-9-5-8-20-21/h4-10,14-15,18-19H,11-13H2,1-3H3. The number of nitrogens with zero attached hydrogens (tertiary/aromatic N) is 2. The van der Waals surface area contributed by atoms with Crippen LogP contribution in [0.2, 0.25) is 0 Å². The maximum Gasteiger partial charge on any atom is 0.0648 e. The van der Waals surface area contributed by atoms with Crippen LogP contribution in [0, 0.1) is 5.92 Å². The van der Waals surface area contributed by atoms with Gasteiger partial charge in [0, 0.05) is 31.5 Å². The van der Waals surface area contributed by atoms with Gasteiger partial charge in [0.15, 0.2) is 0 Å². The molecule has 1 unspecified atom stereocenters. The van der Waals surface area contributed by atoms with Crippen molar-refractivity contribution in [3.63, 3.8) is 0 Å². The van der Waals surface area contributed by atoms with Crippen molar-refractivity contribution in [2.45, 2.75) is 33.4 Å². The number of hydrogen-bond acceptors (Lipinski definition) is 3. The summed E-state index contributed by atoms with van der Waals surface area (Å²) in [4.78, 5) is 0. The minimum Gasteiger partial charge on any atom is -0.315 e. The lowest BCUT2D eigenvalue weighted by molar-refractivity contribution is 0.472. The Hall–Kier alpha value is -1.65. The van der Waals surface area contributed by atoms with Gasteiger partial charge in [0.05, 0.1) is 5.69 Å². The first kappa shape index (κ1) is 15.7. The van der Waals surface area contributed by atoms with Gasteiger partial charge in [0.1, 0.15) is 0 Å². The lowest BCUT2D eigenvalue weighted by Gasteiger charge is -2.16. The van der Waals surface area contributed by atoms with Gasteiger partial charge in [0.2, 0.25) is 0 Å². The third-order valence-corrected chi connectivity index (χ3v) is 3.34. The summed E-state index contributed by atoms with van der Waals surface area (Å²) in [5.74, 6) is 0.697. The monoisotopic (exact) mass is 286 g/mol. The molecule has 1 atom stereocenters. The molecule has 2 aromatic rings. The molecule has 0 saturated heterocycles. The summed E-state index contributed by atoms with van der Waals surface area (Å²) in [6.07, 6.45) is 3.76. The number of benzene rings is 1. The second-order valence-corrected chi connectivity index (χ2v) is 5.95. The van der Waals surface area contributed by atoms with Crippen molar-refractivity contribution in [1.29, 1.82) is 0 Å². The van der Waals surface area contributed by atoms with E-state index < -0.39 is 0 Å². The van der Waals surface area contributed by atoms with Gasteiger partial charge >= 0.3 is 0 Å². The van der Waals surface area contributed by atoms with E-state index in [2.05, 4.69) is 60.8 Å². The fraction of sp³-hybridized carbons (Fsp3) is 0.471. The molecule has 0 radical (unpaired) electrons. The molecule has 0 saturated carbocycles. The quantitative estimate of drug-likeness (QED) is 0.784. The summed E-state index contributed by atoms with van der Waals surface area (Å²) < 4.78 is 1.89. The van der Waals surface area contributed by atoms with Crippen LogP contribution < -0.4 is 10.6 Å². The third kappa shape index (κ3) is 5.33. The molecule has 1 aromatic heterocycles. The molecule has 4 nitrogen and oxygen atoms in total. The molecule has 0 fully saturated rings. The lowest BCUT2D eigenvalue weighted by Crippen LogP contribution is -2.37. The highest BCUT2D eigenvalue weighted by Gasteiger charge is 2.03. The summed E-state index contributed by atoms with van der Waals surface area (Å²) in [7, 11) is 0. The molecule has 0 aliphatic carbocycles. The largest absolute Gasteiger partial charge is 0.315 e. The first-order chi connectivity index (χ1) is 10.1. The maximum absolute atomic E-state index is 4.27. The van der Waals surface area contributed by atoms with Crippen LogP contribution in [0.5, 0.6) is 0 Å². The molecular weight excluding hydrogens is 260 g/mol. The van der Waals surface area contributed by atoms with E-state index in [4.69, 9.17) is 0 Å². The summed E-state index contributed by atoms with van der Waals surface area (Å²) >= 11 is 0. The molecule has 0 aliphatic heterocycles. The number of rotatable bonds is 8. The molecule has 0 spiro atoms. The van der Waals surface area contributed by atoms with E-state index in [0.717, 1.165) is 25.3 Å². The van der Waals surface area contributed by atoms with Crippen LogP contribution in [0.3, 0.4) is 0 Å². The van der Waals surface area contributed by atoms with Crippen LogP contribution in [0.15, 0.2) is 42.7 Å². The van der Waals surface area contributed by atoms with E-state index in [1.54, 1.807) is 6.20 Å². The smallest absolute Gasteiger partial charge is 0.0648 e. The van der Waals surface area contributed by atoms with Crippen molar-refractivity contribution in [3.8, 4) is 5.69 Å². The molecule has 4 heteroatoms.